The number of thiazole rings is 1. The van der Waals surface area contributed by atoms with Gasteiger partial charge >= 0.3 is 6.61 Å². The molecule has 1 aliphatic rings. The molecule has 1 heterocycles. The molecular formula is C15H16F2N2OS. The Kier molecular flexibility index (Phi) is 4.17. The van der Waals surface area contributed by atoms with Gasteiger partial charge in [-0.3, -0.25) is 0 Å². The maximum atomic E-state index is 12.5. The first kappa shape index (κ1) is 14.4. The highest BCUT2D eigenvalue weighted by Crippen LogP contribution is 2.36. The third kappa shape index (κ3) is 2.91. The number of alkyl halides is 2. The topological polar surface area (TPSA) is 34.2 Å². The zero-order chi connectivity index (χ0) is 14.8. The molecule has 1 aliphatic carbocycles. The van der Waals surface area contributed by atoms with Gasteiger partial charge in [0.1, 0.15) is 10.8 Å². The van der Waals surface area contributed by atoms with E-state index in [0.717, 1.165) is 30.0 Å². The summed E-state index contributed by atoms with van der Waals surface area (Å²) in [5, 5.41) is 4.07. The second kappa shape index (κ2) is 6.07. The van der Waals surface area contributed by atoms with Crippen molar-refractivity contribution in [2.75, 3.05) is 7.05 Å². The van der Waals surface area contributed by atoms with Gasteiger partial charge < -0.3 is 10.1 Å². The summed E-state index contributed by atoms with van der Waals surface area (Å²) in [5.41, 5.74) is 1.84. The molecule has 2 aromatic rings. The van der Waals surface area contributed by atoms with E-state index in [1.54, 1.807) is 36.6 Å². The van der Waals surface area contributed by atoms with Gasteiger partial charge in [0.05, 0.1) is 11.7 Å². The summed E-state index contributed by atoms with van der Waals surface area (Å²) in [6.07, 6.45) is 3.24. The number of rotatable bonds is 5. The number of nitrogens with one attached hydrogen (secondary N) is 1. The Hall–Kier alpha value is -1.53. The van der Waals surface area contributed by atoms with Crippen molar-refractivity contribution >= 4 is 11.3 Å². The Balaban J connectivity index is 1.95. The maximum absolute atomic E-state index is 12.5. The molecule has 1 N–H and O–H groups in total. The molecule has 0 bridgehead atoms. The highest BCUT2D eigenvalue weighted by atomic mass is 32.1. The molecule has 0 spiro atoms. The van der Waals surface area contributed by atoms with Gasteiger partial charge in [0.2, 0.25) is 0 Å². The Morgan fingerprint density at radius 1 is 1.29 bits per heavy atom. The van der Waals surface area contributed by atoms with E-state index in [4.69, 9.17) is 0 Å². The van der Waals surface area contributed by atoms with Gasteiger partial charge in [-0.1, -0.05) is 18.2 Å². The average molecular weight is 310 g/mol. The molecule has 0 saturated heterocycles. The number of aryl methyl sites for hydroxylation is 2. The van der Waals surface area contributed by atoms with Crippen LogP contribution < -0.4 is 10.1 Å². The molecule has 1 unspecified atom stereocenters. The van der Waals surface area contributed by atoms with Gasteiger partial charge in [-0.15, -0.1) is 11.3 Å². The molecule has 1 aromatic carbocycles. The second-order valence-electron chi connectivity index (χ2n) is 4.91. The van der Waals surface area contributed by atoms with Crippen molar-refractivity contribution in [1.29, 1.82) is 0 Å². The minimum absolute atomic E-state index is 0.196. The lowest BCUT2D eigenvalue weighted by atomic mass is 10.1. The van der Waals surface area contributed by atoms with E-state index in [2.05, 4.69) is 15.0 Å². The SMILES string of the molecule is CNC(c1nc2c(s1)CCC2)c1ccccc1OC(F)F. The van der Waals surface area contributed by atoms with Crippen molar-refractivity contribution in [3.8, 4) is 5.75 Å². The van der Waals surface area contributed by atoms with Crippen molar-refractivity contribution < 1.29 is 13.5 Å². The van der Waals surface area contributed by atoms with Gasteiger partial charge in [0.25, 0.3) is 0 Å². The first-order valence-electron chi connectivity index (χ1n) is 6.88. The zero-order valence-electron chi connectivity index (χ0n) is 11.6. The lowest BCUT2D eigenvalue weighted by Crippen LogP contribution is -2.19. The second-order valence-corrected chi connectivity index (χ2v) is 6.03. The molecule has 0 saturated carbocycles. The number of aromatic nitrogens is 1. The predicted octanol–water partition coefficient (Wildman–Crippen LogP) is 3.54. The highest BCUT2D eigenvalue weighted by molar-refractivity contribution is 7.11. The van der Waals surface area contributed by atoms with E-state index in [0.29, 0.717) is 5.56 Å². The largest absolute Gasteiger partial charge is 0.434 e. The van der Waals surface area contributed by atoms with Crippen LogP contribution in [0.2, 0.25) is 0 Å². The fourth-order valence-corrected chi connectivity index (χ4v) is 3.95. The quantitative estimate of drug-likeness (QED) is 0.917. The summed E-state index contributed by atoms with van der Waals surface area (Å²) in [4.78, 5) is 5.99. The minimum Gasteiger partial charge on any atom is -0.434 e. The first-order chi connectivity index (χ1) is 10.2. The monoisotopic (exact) mass is 310 g/mol. The van der Waals surface area contributed by atoms with Crippen LogP contribution >= 0.6 is 11.3 Å². The van der Waals surface area contributed by atoms with E-state index in [9.17, 15) is 8.78 Å². The van der Waals surface area contributed by atoms with Crippen LogP contribution in [-0.4, -0.2) is 18.6 Å². The number of nitrogens with zero attached hydrogens (tertiary/aromatic N) is 1. The van der Waals surface area contributed by atoms with Crippen LogP contribution in [-0.2, 0) is 12.8 Å². The first-order valence-corrected chi connectivity index (χ1v) is 7.70. The summed E-state index contributed by atoms with van der Waals surface area (Å²) in [6.45, 7) is -2.83. The fourth-order valence-electron chi connectivity index (χ4n) is 2.67. The Labute approximate surface area is 126 Å². The predicted molar refractivity (Wildman–Crippen MR) is 78.1 cm³/mol. The number of fused-ring (bicyclic) bond motifs is 1. The van der Waals surface area contributed by atoms with Gasteiger partial charge in [-0.2, -0.15) is 8.78 Å². The van der Waals surface area contributed by atoms with Crippen molar-refractivity contribution in [1.82, 2.24) is 10.3 Å². The highest BCUT2D eigenvalue weighted by Gasteiger charge is 2.24. The molecule has 112 valence electrons. The van der Waals surface area contributed by atoms with E-state index in [1.807, 2.05) is 6.07 Å². The number of hydrogen-bond donors (Lipinski definition) is 1. The van der Waals surface area contributed by atoms with Crippen LogP contribution in [0.25, 0.3) is 0 Å². The molecule has 0 amide bonds. The van der Waals surface area contributed by atoms with Crippen molar-refractivity contribution in [3.05, 3.63) is 45.4 Å². The number of hydrogen-bond acceptors (Lipinski definition) is 4. The van der Waals surface area contributed by atoms with Crippen LogP contribution in [0, 0.1) is 0 Å². The number of ether oxygens (including phenoxy) is 1. The van der Waals surface area contributed by atoms with E-state index < -0.39 is 6.61 Å². The van der Waals surface area contributed by atoms with E-state index >= 15 is 0 Å². The third-order valence-electron chi connectivity index (χ3n) is 3.59. The van der Waals surface area contributed by atoms with Crippen molar-refractivity contribution in [2.24, 2.45) is 0 Å². The summed E-state index contributed by atoms with van der Waals surface area (Å²) >= 11 is 1.66. The normalized spacial score (nSPS) is 15.2. The molecule has 0 fully saturated rings. The summed E-state index contributed by atoms with van der Waals surface area (Å²) in [7, 11) is 1.80. The molecule has 1 atom stereocenters. The molecule has 0 radical (unpaired) electrons. The molecule has 21 heavy (non-hydrogen) atoms. The molecule has 3 rings (SSSR count). The summed E-state index contributed by atoms with van der Waals surface area (Å²) in [5.74, 6) is 0.196. The Bertz CT molecular complexity index is 608. The van der Waals surface area contributed by atoms with E-state index in [1.165, 1.54) is 4.88 Å². The van der Waals surface area contributed by atoms with Gasteiger partial charge in [-0.25, -0.2) is 4.98 Å². The van der Waals surface area contributed by atoms with Gasteiger partial charge in [-0.05, 0) is 32.4 Å². The molecule has 1 aromatic heterocycles. The third-order valence-corrected chi connectivity index (χ3v) is 4.82. The Morgan fingerprint density at radius 3 is 2.81 bits per heavy atom. The molecular weight excluding hydrogens is 294 g/mol. The summed E-state index contributed by atoms with van der Waals surface area (Å²) in [6, 6.07) is 6.64. The average Bonchev–Trinajstić information content (AvgIpc) is 3.02. The smallest absolute Gasteiger partial charge is 0.387 e. The summed E-state index contributed by atoms with van der Waals surface area (Å²) < 4.78 is 29.7. The molecule has 0 aliphatic heterocycles. The van der Waals surface area contributed by atoms with Crippen molar-refractivity contribution in [3.63, 3.8) is 0 Å². The van der Waals surface area contributed by atoms with Crippen LogP contribution in [0.3, 0.4) is 0 Å². The van der Waals surface area contributed by atoms with Crippen LogP contribution in [0.5, 0.6) is 5.75 Å². The van der Waals surface area contributed by atoms with Gasteiger partial charge in [0.15, 0.2) is 0 Å². The van der Waals surface area contributed by atoms with Crippen LogP contribution in [0.1, 0.15) is 33.6 Å². The number of benzene rings is 1. The van der Waals surface area contributed by atoms with E-state index in [-0.39, 0.29) is 11.8 Å². The Morgan fingerprint density at radius 2 is 2.10 bits per heavy atom. The number of para-hydroxylation sites is 1. The molecule has 3 nitrogen and oxygen atoms in total. The standard InChI is InChI=1S/C15H16F2N2OS/c1-18-13(14-19-10-6-4-8-12(10)21-14)9-5-2-3-7-11(9)20-15(16)17/h2-3,5,7,13,15,18H,4,6,8H2,1H3. The lowest BCUT2D eigenvalue weighted by Gasteiger charge is -2.18. The zero-order valence-corrected chi connectivity index (χ0v) is 12.4. The lowest BCUT2D eigenvalue weighted by molar-refractivity contribution is -0.0506. The molecule has 6 heteroatoms. The van der Waals surface area contributed by atoms with Gasteiger partial charge in [0, 0.05) is 10.4 Å². The number of halogens is 2. The van der Waals surface area contributed by atoms with Crippen LogP contribution in [0.15, 0.2) is 24.3 Å². The van der Waals surface area contributed by atoms with Crippen LogP contribution in [0.4, 0.5) is 8.78 Å². The van der Waals surface area contributed by atoms with Crippen molar-refractivity contribution in [2.45, 2.75) is 31.9 Å². The fraction of sp³-hybridized carbons (Fsp3) is 0.400. The maximum Gasteiger partial charge on any atom is 0.387 e. The minimum atomic E-state index is -2.83.